The van der Waals surface area contributed by atoms with Crippen LogP contribution in [0.1, 0.15) is 24.1 Å². The van der Waals surface area contributed by atoms with Crippen LogP contribution in [0.5, 0.6) is 11.5 Å². The zero-order valence-corrected chi connectivity index (χ0v) is 18.0. The van der Waals surface area contributed by atoms with Gasteiger partial charge in [-0.2, -0.15) is 0 Å². The molecule has 0 aliphatic rings. The number of halogens is 1. The Bertz CT molecular complexity index is 978. The van der Waals surface area contributed by atoms with E-state index in [4.69, 9.17) is 21.1 Å². The summed E-state index contributed by atoms with van der Waals surface area (Å²) in [6, 6.07) is 22.3. The van der Waals surface area contributed by atoms with Crippen molar-refractivity contribution in [1.82, 2.24) is 4.90 Å². The molecule has 6 heteroatoms. The number of nitrogens with zero attached hydrogens (tertiary/aromatic N) is 1. The largest absolute Gasteiger partial charge is 0.497 e. The van der Waals surface area contributed by atoms with Gasteiger partial charge in [-0.05, 0) is 42.3 Å². The van der Waals surface area contributed by atoms with E-state index in [9.17, 15) is 4.79 Å². The molecule has 0 fully saturated rings. The highest BCUT2D eigenvalue weighted by molar-refractivity contribution is 6.30. The summed E-state index contributed by atoms with van der Waals surface area (Å²) in [5, 5.41) is 3.64. The first-order chi connectivity index (χ1) is 14.5. The van der Waals surface area contributed by atoms with Crippen LogP contribution in [0.2, 0.25) is 5.02 Å². The van der Waals surface area contributed by atoms with E-state index in [0.717, 1.165) is 11.1 Å². The Morgan fingerprint density at radius 1 is 1.00 bits per heavy atom. The summed E-state index contributed by atoms with van der Waals surface area (Å²) in [6.45, 7) is 2.44. The minimum atomic E-state index is -0.232. The number of rotatable bonds is 7. The lowest BCUT2D eigenvalue weighted by Crippen LogP contribution is -2.36. The maximum atomic E-state index is 13.3. The smallest absolute Gasteiger partial charge is 0.322 e. The predicted molar refractivity (Wildman–Crippen MR) is 120 cm³/mol. The van der Waals surface area contributed by atoms with Crippen LogP contribution in [-0.4, -0.2) is 25.2 Å². The average molecular weight is 425 g/mol. The van der Waals surface area contributed by atoms with Crippen LogP contribution in [0.25, 0.3) is 0 Å². The fraction of sp³-hybridized carbons (Fsp3) is 0.208. The van der Waals surface area contributed by atoms with E-state index in [0.29, 0.717) is 28.8 Å². The number of carbonyl (C=O) groups excluding carboxylic acids is 1. The van der Waals surface area contributed by atoms with Crippen LogP contribution < -0.4 is 14.8 Å². The van der Waals surface area contributed by atoms with Crippen LogP contribution >= 0.6 is 11.6 Å². The molecule has 0 aliphatic carbocycles. The van der Waals surface area contributed by atoms with Crippen LogP contribution in [0.3, 0.4) is 0 Å². The molecule has 0 saturated heterocycles. The van der Waals surface area contributed by atoms with Crippen molar-refractivity contribution in [2.75, 3.05) is 19.5 Å². The molecule has 0 bridgehead atoms. The summed E-state index contributed by atoms with van der Waals surface area (Å²) in [4.78, 5) is 15.1. The van der Waals surface area contributed by atoms with E-state index in [-0.39, 0.29) is 12.1 Å². The SMILES string of the molecule is COc1ccc(NC(=O)N(Cc2ccc(Cl)cc2)C(C)c2ccccc2)c(OC)c1. The predicted octanol–water partition coefficient (Wildman–Crippen LogP) is 6.15. The van der Waals surface area contributed by atoms with E-state index >= 15 is 0 Å². The highest BCUT2D eigenvalue weighted by Crippen LogP contribution is 2.30. The van der Waals surface area contributed by atoms with Gasteiger partial charge in [0.05, 0.1) is 25.9 Å². The van der Waals surface area contributed by atoms with Gasteiger partial charge in [0.2, 0.25) is 0 Å². The molecule has 3 aromatic carbocycles. The van der Waals surface area contributed by atoms with Crippen LogP contribution in [0.4, 0.5) is 10.5 Å². The van der Waals surface area contributed by atoms with Gasteiger partial charge in [-0.25, -0.2) is 4.79 Å². The number of benzene rings is 3. The van der Waals surface area contributed by atoms with Crippen LogP contribution in [0.15, 0.2) is 72.8 Å². The topological polar surface area (TPSA) is 50.8 Å². The molecule has 1 unspecified atom stereocenters. The van der Waals surface area contributed by atoms with Crippen molar-refractivity contribution in [1.29, 1.82) is 0 Å². The number of nitrogens with one attached hydrogen (secondary N) is 1. The average Bonchev–Trinajstić information content (AvgIpc) is 2.79. The van der Waals surface area contributed by atoms with Crippen molar-refractivity contribution in [2.45, 2.75) is 19.5 Å². The number of methoxy groups -OCH3 is 2. The fourth-order valence-corrected chi connectivity index (χ4v) is 3.30. The second-order valence-electron chi connectivity index (χ2n) is 6.84. The number of carbonyl (C=O) groups is 1. The third kappa shape index (κ3) is 5.24. The second-order valence-corrected chi connectivity index (χ2v) is 7.27. The summed E-state index contributed by atoms with van der Waals surface area (Å²) in [5.74, 6) is 1.18. The zero-order chi connectivity index (χ0) is 21.5. The molecule has 2 amide bonds. The number of hydrogen-bond donors (Lipinski definition) is 1. The molecule has 0 heterocycles. The first-order valence-corrected chi connectivity index (χ1v) is 9.98. The molecule has 5 nitrogen and oxygen atoms in total. The third-order valence-electron chi connectivity index (χ3n) is 4.93. The molecule has 0 aliphatic heterocycles. The van der Waals surface area contributed by atoms with E-state index < -0.39 is 0 Å². The molecule has 0 aromatic heterocycles. The fourth-order valence-electron chi connectivity index (χ4n) is 3.17. The van der Waals surface area contributed by atoms with Gasteiger partial charge < -0.3 is 19.7 Å². The number of ether oxygens (including phenoxy) is 2. The zero-order valence-electron chi connectivity index (χ0n) is 17.3. The highest BCUT2D eigenvalue weighted by atomic mass is 35.5. The van der Waals surface area contributed by atoms with E-state index in [1.165, 1.54) is 0 Å². The summed E-state index contributed by atoms with van der Waals surface area (Å²) >= 11 is 6.02. The van der Waals surface area contributed by atoms with E-state index in [1.807, 2.05) is 61.5 Å². The first kappa shape index (κ1) is 21.5. The Hall–Kier alpha value is -3.18. The van der Waals surface area contributed by atoms with Crippen molar-refractivity contribution in [3.63, 3.8) is 0 Å². The van der Waals surface area contributed by atoms with Gasteiger partial charge in [-0.15, -0.1) is 0 Å². The van der Waals surface area contributed by atoms with Gasteiger partial charge in [-0.1, -0.05) is 54.1 Å². The lowest BCUT2D eigenvalue weighted by Gasteiger charge is -2.30. The molecule has 1 atom stereocenters. The Morgan fingerprint density at radius 3 is 2.33 bits per heavy atom. The van der Waals surface area contributed by atoms with Crippen molar-refractivity contribution in [2.24, 2.45) is 0 Å². The lowest BCUT2D eigenvalue weighted by atomic mass is 10.1. The third-order valence-corrected chi connectivity index (χ3v) is 5.18. The van der Waals surface area contributed by atoms with Gasteiger partial charge in [0, 0.05) is 17.6 Å². The summed E-state index contributed by atoms with van der Waals surface area (Å²) in [6.07, 6.45) is 0. The Morgan fingerprint density at radius 2 is 1.70 bits per heavy atom. The van der Waals surface area contributed by atoms with Gasteiger partial charge in [0.15, 0.2) is 0 Å². The monoisotopic (exact) mass is 424 g/mol. The minimum absolute atomic E-state index is 0.147. The number of anilines is 1. The van der Waals surface area contributed by atoms with Gasteiger partial charge >= 0.3 is 6.03 Å². The summed E-state index contributed by atoms with van der Waals surface area (Å²) in [5.41, 5.74) is 2.60. The van der Waals surface area contributed by atoms with Crippen molar-refractivity contribution in [3.8, 4) is 11.5 Å². The summed E-state index contributed by atoms with van der Waals surface area (Å²) in [7, 11) is 3.14. The Balaban J connectivity index is 1.88. The maximum Gasteiger partial charge on any atom is 0.322 e. The standard InChI is InChI=1S/C24H25ClN2O3/c1-17(19-7-5-4-6-8-19)27(16-18-9-11-20(25)12-10-18)24(28)26-22-14-13-21(29-2)15-23(22)30-3/h4-15,17H,16H2,1-3H3,(H,26,28). The normalized spacial score (nSPS) is 11.5. The van der Waals surface area contributed by atoms with Crippen LogP contribution in [0, 0.1) is 0 Å². The van der Waals surface area contributed by atoms with Crippen molar-refractivity contribution >= 4 is 23.3 Å². The quantitative estimate of drug-likeness (QED) is 0.494. The number of hydrogen-bond acceptors (Lipinski definition) is 3. The maximum absolute atomic E-state index is 13.3. The Kier molecular flexibility index (Phi) is 7.20. The summed E-state index contributed by atoms with van der Waals surface area (Å²) < 4.78 is 10.7. The minimum Gasteiger partial charge on any atom is -0.497 e. The molecule has 30 heavy (non-hydrogen) atoms. The molecular formula is C24H25ClN2O3. The van der Waals surface area contributed by atoms with Gasteiger partial charge in [-0.3, -0.25) is 0 Å². The van der Waals surface area contributed by atoms with E-state index in [2.05, 4.69) is 5.32 Å². The molecule has 1 N–H and O–H groups in total. The van der Waals surface area contributed by atoms with Gasteiger partial charge in [0.1, 0.15) is 11.5 Å². The molecule has 156 valence electrons. The second kappa shape index (κ2) is 10.0. The first-order valence-electron chi connectivity index (χ1n) is 9.61. The molecule has 3 aromatic rings. The number of amides is 2. The van der Waals surface area contributed by atoms with E-state index in [1.54, 1.807) is 37.3 Å². The Labute approximate surface area is 182 Å². The van der Waals surface area contributed by atoms with Crippen LogP contribution in [-0.2, 0) is 6.54 Å². The molecule has 0 spiro atoms. The highest BCUT2D eigenvalue weighted by Gasteiger charge is 2.23. The molecule has 0 saturated carbocycles. The van der Waals surface area contributed by atoms with Crippen molar-refractivity contribution in [3.05, 3.63) is 88.9 Å². The van der Waals surface area contributed by atoms with Gasteiger partial charge in [0.25, 0.3) is 0 Å². The molecular weight excluding hydrogens is 400 g/mol. The van der Waals surface area contributed by atoms with Crippen molar-refractivity contribution < 1.29 is 14.3 Å². The number of urea groups is 1. The lowest BCUT2D eigenvalue weighted by molar-refractivity contribution is 0.189. The molecule has 0 radical (unpaired) electrons. The molecule has 3 rings (SSSR count).